The molecule has 0 bridgehead atoms. The molecule has 0 unspecified atom stereocenters. The SMILES string of the molecule is CC1CCN(S(=O)(=O)c2nn(C)cc2C(=O)Nc2cc(F)cc(F)c2)CC1. The van der Waals surface area contributed by atoms with E-state index >= 15 is 0 Å². The smallest absolute Gasteiger partial charge is 0.263 e. The number of anilines is 1. The molecule has 1 aromatic heterocycles. The van der Waals surface area contributed by atoms with Gasteiger partial charge in [0.05, 0.1) is 5.56 Å². The fraction of sp³-hybridized carbons (Fsp3) is 0.412. The fourth-order valence-corrected chi connectivity index (χ4v) is 4.58. The van der Waals surface area contributed by atoms with E-state index in [0.29, 0.717) is 25.1 Å². The van der Waals surface area contributed by atoms with E-state index in [9.17, 15) is 22.0 Å². The van der Waals surface area contributed by atoms with Crippen molar-refractivity contribution >= 4 is 21.6 Å². The minimum atomic E-state index is -3.96. The van der Waals surface area contributed by atoms with E-state index in [1.54, 1.807) is 0 Å². The summed E-state index contributed by atoms with van der Waals surface area (Å²) in [7, 11) is -2.46. The number of hydrogen-bond acceptors (Lipinski definition) is 4. The third-order valence-electron chi connectivity index (χ3n) is 4.49. The van der Waals surface area contributed by atoms with Crippen molar-refractivity contribution in [3.63, 3.8) is 0 Å². The van der Waals surface area contributed by atoms with E-state index in [1.165, 1.54) is 22.2 Å². The van der Waals surface area contributed by atoms with Gasteiger partial charge in [-0.1, -0.05) is 6.92 Å². The molecule has 1 aliphatic heterocycles. The molecule has 1 fully saturated rings. The van der Waals surface area contributed by atoms with Gasteiger partial charge in [-0.25, -0.2) is 17.2 Å². The average Bonchev–Trinajstić information content (AvgIpc) is 2.97. The van der Waals surface area contributed by atoms with Crippen molar-refractivity contribution in [3.05, 3.63) is 41.6 Å². The fourth-order valence-electron chi connectivity index (χ4n) is 2.99. The summed E-state index contributed by atoms with van der Waals surface area (Å²) in [6.45, 7) is 2.77. The lowest BCUT2D eigenvalue weighted by atomic mass is 10.0. The van der Waals surface area contributed by atoms with E-state index in [0.717, 1.165) is 25.0 Å². The number of hydrogen-bond donors (Lipinski definition) is 1. The highest BCUT2D eigenvalue weighted by Crippen LogP contribution is 2.25. The number of carbonyl (C=O) groups is 1. The molecule has 0 aliphatic carbocycles. The third kappa shape index (κ3) is 4.16. The summed E-state index contributed by atoms with van der Waals surface area (Å²) in [5.74, 6) is -2.08. The Bertz CT molecular complexity index is 946. The molecule has 0 radical (unpaired) electrons. The molecular weight excluding hydrogens is 378 g/mol. The number of aryl methyl sites for hydroxylation is 1. The number of piperidine rings is 1. The highest BCUT2D eigenvalue weighted by atomic mass is 32.2. The third-order valence-corrected chi connectivity index (χ3v) is 6.32. The van der Waals surface area contributed by atoms with Crippen molar-refractivity contribution in [2.75, 3.05) is 18.4 Å². The first-order chi connectivity index (χ1) is 12.7. The van der Waals surface area contributed by atoms with Crippen molar-refractivity contribution in [1.82, 2.24) is 14.1 Å². The van der Waals surface area contributed by atoms with Gasteiger partial charge in [0, 0.05) is 38.1 Å². The quantitative estimate of drug-likeness (QED) is 0.857. The highest BCUT2D eigenvalue weighted by molar-refractivity contribution is 7.89. The summed E-state index contributed by atoms with van der Waals surface area (Å²) in [5.41, 5.74) is -0.294. The van der Waals surface area contributed by atoms with Gasteiger partial charge in [0.25, 0.3) is 15.9 Å². The minimum absolute atomic E-state index is 0.114. The van der Waals surface area contributed by atoms with Crippen LogP contribution in [0.15, 0.2) is 29.4 Å². The number of halogens is 2. The van der Waals surface area contributed by atoms with Crippen molar-refractivity contribution in [3.8, 4) is 0 Å². The zero-order chi connectivity index (χ0) is 19.8. The molecule has 3 rings (SSSR count). The molecule has 2 aromatic rings. The molecule has 1 amide bonds. The van der Waals surface area contributed by atoms with Gasteiger partial charge in [-0.3, -0.25) is 9.48 Å². The minimum Gasteiger partial charge on any atom is -0.322 e. The van der Waals surface area contributed by atoms with Crippen LogP contribution in [-0.4, -0.2) is 41.5 Å². The predicted octanol–water partition coefficient (Wildman–Crippen LogP) is 2.37. The zero-order valence-electron chi connectivity index (χ0n) is 14.9. The van der Waals surface area contributed by atoms with Crippen LogP contribution in [0, 0.1) is 17.6 Å². The largest absolute Gasteiger partial charge is 0.322 e. The van der Waals surface area contributed by atoms with Crippen LogP contribution in [0.5, 0.6) is 0 Å². The monoisotopic (exact) mass is 398 g/mol. The van der Waals surface area contributed by atoms with Gasteiger partial charge in [-0.15, -0.1) is 0 Å². The molecular formula is C17H20F2N4O3S. The van der Waals surface area contributed by atoms with Gasteiger partial charge < -0.3 is 5.32 Å². The molecule has 1 N–H and O–H groups in total. The first-order valence-corrected chi connectivity index (χ1v) is 9.92. The van der Waals surface area contributed by atoms with Crippen LogP contribution in [0.1, 0.15) is 30.1 Å². The first kappa shape index (κ1) is 19.4. The standard InChI is InChI=1S/C17H20F2N4O3S/c1-11-3-5-23(6-4-11)27(25,26)17-15(10-22(2)21-17)16(24)20-14-8-12(18)7-13(19)9-14/h7-11H,3-6H2,1-2H3,(H,20,24). The summed E-state index contributed by atoms with van der Waals surface area (Å²) in [6.07, 6.45) is 2.73. The number of amides is 1. The van der Waals surface area contributed by atoms with Crippen molar-refractivity contribution in [2.45, 2.75) is 24.8 Å². The van der Waals surface area contributed by atoms with Gasteiger partial charge in [-0.05, 0) is 30.9 Å². The van der Waals surface area contributed by atoms with Gasteiger partial charge >= 0.3 is 0 Å². The Kier molecular flexibility index (Phi) is 5.29. The average molecular weight is 398 g/mol. The Morgan fingerprint density at radius 1 is 1.19 bits per heavy atom. The molecule has 7 nitrogen and oxygen atoms in total. The predicted molar refractivity (Wildman–Crippen MR) is 94.7 cm³/mol. The molecule has 27 heavy (non-hydrogen) atoms. The van der Waals surface area contributed by atoms with E-state index in [-0.39, 0.29) is 16.3 Å². The maximum atomic E-state index is 13.3. The molecule has 146 valence electrons. The second kappa shape index (κ2) is 7.35. The first-order valence-electron chi connectivity index (χ1n) is 8.48. The van der Waals surface area contributed by atoms with E-state index in [4.69, 9.17) is 0 Å². The number of nitrogens with one attached hydrogen (secondary N) is 1. The second-order valence-electron chi connectivity index (χ2n) is 6.72. The van der Waals surface area contributed by atoms with E-state index in [2.05, 4.69) is 17.3 Å². The van der Waals surface area contributed by atoms with Crippen LogP contribution in [-0.2, 0) is 17.1 Å². The van der Waals surface area contributed by atoms with Crippen LogP contribution < -0.4 is 5.32 Å². The Hall–Kier alpha value is -2.33. The Morgan fingerprint density at radius 2 is 1.78 bits per heavy atom. The van der Waals surface area contributed by atoms with Crippen molar-refractivity contribution in [2.24, 2.45) is 13.0 Å². The molecule has 0 atom stereocenters. The molecule has 0 spiro atoms. The number of nitrogens with zero attached hydrogens (tertiary/aromatic N) is 3. The summed E-state index contributed by atoms with van der Waals surface area (Å²) in [6, 6.07) is 2.56. The molecule has 10 heteroatoms. The van der Waals surface area contributed by atoms with Crippen molar-refractivity contribution in [1.29, 1.82) is 0 Å². The zero-order valence-corrected chi connectivity index (χ0v) is 15.8. The Balaban J connectivity index is 1.90. The number of sulfonamides is 1. The second-order valence-corrected chi connectivity index (χ2v) is 8.57. The summed E-state index contributed by atoms with van der Waals surface area (Å²) < 4.78 is 55.1. The molecule has 1 saturated heterocycles. The van der Waals surface area contributed by atoms with Crippen LogP contribution in [0.3, 0.4) is 0 Å². The van der Waals surface area contributed by atoms with Crippen LogP contribution >= 0.6 is 0 Å². The van der Waals surface area contributed by atoms with Gasteiger partial charge in [0.15, 0.2) is 0 Å². The number of rotatable bonds is 4. The lowest BCUT2D eigenvalue weighted by molar-refractivity contribution is 0.102. The van der Waals surface area contributed by atoms with Gasteiger partial charge in [0.2, 0.25) is 5.03 Å². The molecule has 1 aromatic carbocycles. The lowest BCUT2D eigenvalue weighted by Crippen LogP contribution is -2.38. The lowest BCUT2D eigenvalue weighted by Gasteiger charge is -2.28. The maximum Gasteiger partial charge on any atom is 0.263 e. The Morgan fingerprint density at radius 3 is 2.37 bits per heavy atom. The topological polar surface area (TPSA) is 84.3 Å². The van der Waals surface area contributed by atoms with Crippen molar-refractivity contribution < 1.29 is 22.0 Å². The van der Waals surface area contributed by atoms with Crippen LogP contribution in [0.4, 0.5) is 14.5 Å². The van der Waals surface area contributed by atoms with Gasteiger partial charge in [-0.2, -0.15) is 9.40 Å². The molecule has 1 aliphatic rings. The normalized spacial score (nSPS) is 16.4. The summed E-state index contributed by atoms with van der Waals surface area (Å²) in [4.78, 5) is 12.6. The van der Waals surface area contributed by atoms with Crippen LogP contribution in [0.25, 0.3) is 0 Å². The Labute approximate surface area is 156 Å². The molecule has 2 heterocycles. The number of carbonyl (C=O) groups excluding carboxylic acids is 1. The molecule has 0 saturated carbocycles. The summed E-state index contributed by atoms with van der Waals surface area (Å²) >= 11 is 0. The highest BCUT2D eigenvalue weighted by Gasteiger charge is 2.34. The number of benzene rings is 1. The van der Waals surface area contributed by atoms with E-state index in [1.807, 2.05) is 0 Å². The van der Waals surface area contributed by atoms with Gasteiger partial charge in [0.1, 0.15) is 11.6 Å². The maximum absolute atomic E-state index is 13.3. The summed E-state index contributed by atoms with van der Waals surface area (Å²) in [5, 5.41) is 5.91. The van der Waals surface area contributed by atoms with E-state index < -0.39 is 27.6 Å². The van der Waals surface area contributed by atoms with Crippen LogP contribution in [0.2, 0.25) is 0 Å². The number of aromatic nitrogens is 2.